The first kappa shape index (κ1) is 16.0. The van der Waals surface area contributed by atoms with Crippen molar-refractivity contribution in [2.24, 2.45) is 0 Å². The normalized spacial score (nSPS) is 14.5. The average Bonchev–Trinajstić information content (AvgIpc) is 2.53. The lowest BCUT2D eigenvalue weighted by Crippen LogP contribution is -2.35. The lowest BCUT2D eigenvalue weighted by Gasteiger charge is -2.24. The molecule has 0 aromatic heterocycles. The Hall–Kier alpha value is -1.38. The van der Waals surface area contributed by atoms with Crippen LogP contribution in [0.25, 0.3) is 10.8 Å². The van der Waals surface area contributed by atoms with Crippen molar-refractivity contribution < 1.29 is 0 Å². The molecule has 0 heterocycles. The van der Waals surface area contributed by atoms with E-state index >= 15 is 0 Å². The molecule has 0 amide bonds. The number of benzene rings is 2. The maximum absolute atomic E-state index is 3.63. The molecule has 0 aliphatic carbocycles. The van der Waals surface area contributed by atoms with E-state index in [4.69, 9.17) is 0 Å². The van der Waals surface area contributed by atoms with Crippen LogP contribution >= 0.6 is 0 Å². The van der Waals surface area contributed by atoms with E-state index in [9.17, 15) is 0 Å². The number of fused-ring (bicyclic) bond motifs is 1. The summed E-state index contributed by atoms with van der Waals surface area (Å²) in [5, 5.41) is 6.26. The van der Waals surface area contributed by atoms with Gasteiger partial charge >= 0.3 is 0 Å². The van der Waals surface area contributed by atoms with Crippen molar-refractivity contribution in [3.63, 3.8) is 0 Å². The van der Waals surface area contributed by atoms with E-state index in [-0.39, 0.29) is 0 Å². The zero-order valence-corrected chi connectivity index (χ0v) is 13.8. The Morgan fingerprint density at radius 3 is 2.48 bits per heavy atom. The molecule has 2 aromatic carbocycles. The maximum atomic E-state index is 3.63. The van der Waals surface area contributed by atoms with E-state index in [0.717, 1.165) is 13.1 Å². The summed E-state index contributed by atoms with van der Waals surface area (Å²) in [6.45, 7) is 8.88. The molecule has 0 saturated heterocycles. The van der Waals surface area contributed by atoms with Gasteiger partial charge < -0.3 is 10.2 Å². The molecule has 2 atom stereocenters. The monoisotopic (exact) mass is 284 g/mol. The van der Waals surface area contributed by atoms with Crippen LogP contribution in [0, 0.1) is 0 Å². The summed E-state index contributed by atoms with van der Waals surface area (Å²) in [7, 11) is 2.20. The summed E-state index contributed by atoms with van der Waals surface area (Å²) in [5.74, 6) is 0. The fourth-order valence-corrected chi connectivity index (χ4v) is 2.58. The van der Waals surface area contributed by atoms with Crippen LogP contribution in [0.4, 0.5) is 0 Å². The standard InChI is InChI=1S/C19H28N2/c1-5-15(2)21(4)13-12-20-16(3)18-11-10-17-8-6-7-9-19(17)14-18/h6-11,14-16,20H,5,12-13H2,1-4H3. The largest absolute Gasteiger partial charge is 0.309 e. The second kappa shape index (κ2) is 7.58. The number of likely N-dealkylation sites (N-methyl/N-ethyl adjacent to an activating group) is 1. The van der Waals surface area contributed by atoms with Crippen LogP contribution in [0.3, 0.4) is 0 Å². The fraction of sp³-hybridized carbons (Fsp3) is 0.474. The number of nitrogens with zero attached hydrogens (tertiary/aromatic N) is 1. The predicted molar refractivity (Wildman–Crippen MR) is 92.7 cm³/mol. The molecule has 2 rings (SSSR count). The molecular formula is C19H28N2. The Bertz CT molecular complexity index is 564. The van der Waals surface area contributed by atoms with Crippen LogP contribution in [0.15, 0.2) is 42.5 Å². The molecule has 0 radical (unpaired) electrons. The zero-order chi connectivity index (χ0) is 15.2. The second-order valence-corrected chi connectivity index (χ2v) is 6.02. The van der Waals surface area contributed by atoms with Gasteiger partial charge in [-0.05, 0) is 49.7 Å². The highest BCUT2D eigenvalue weighted by molar-refractivity contribution is 5.83. The van der Waals surface area contributed by atoms with Gasteiger partial charge in [0, 0.05) is 25.2 Å². The van der Waals surface area contributed by atoms with Crippen LogP contribution in [0.5, 0.6) is 0 Å². The predicted octanol–water partition coefficient (Wildman–Crippen LogP) is 4.22. The van der Waals surface area contributed by atoms with Crippen LogP contribution in [-0.4, -0.2) is 31.1 Å². The third-order valence-electron chi connectivity index (χ3n) is 4.53. The van der Waals surface area contributed by atoms with Gasteiger partial charge in [-0.25, -0.2) is 0 Å². The Morgan fingerprint density at radius 1 is 1.05 bits per heavy atom. The van der Waals surface area contributed by atoms with Crippen molar-refractivity contribution >= 4 is 10.8 Å². The second-order valence-electron chi connectivity index (χ2n) is 6.02. The molecule has 21 heavy (non-hydrogen) atoms. The van der Waals surface area contributed by atoms with Crippen molar-refractivity contribution in [3.05, 3.63) is 48.0 Å². The highest BCUT2D eigenvalue weighted by Crippen LogP contribution is 2.20. The minimum absolute atomic E-state index is 0.389. The molecule has 0 aliphatic heterocycles. The summed E-state index contributed by atoms with van der Waals surface area (Å²) in [6, 6.07) is 16.3. The minimum Gasteiger partial charge on any atom is -0.309 e. The van der Waals surface area contributed by atoms with E-state index in [1.54, 1.807) is 0 Å². The maximum Gasteiger partial charge on any atom is 0.0292 e. The number of nitrogens with one attached hydrogen (secondary N) is 1. The van der Waals surface area contributed by atoms with Gasteiger partial charge in [0.1, 0.15) is 0 Å². The molecule has 2 nitrogen and oxygen atoms in total. The van der Waals surface area contributed by atoms with E-state index < -0.39 is 0 Å². The van der Waals surface area contributed by atoms with Gasteiger partial charge in [0.2, 0.25) is 0 Å². The Morgan fingerprint density at radius 2 is 1.76 bits per heavy atom. The molecule has 0 saturated carbocycles. The average molecular weight is 284 g/mol. The Balaban J connectivity index is 1.91. The lowest BCUT2D eigenvalue weighted by molar-refractivity contribution is 0.249. The van der Waals surface area contributed by atoms with Gasteiger partial charge in [0.05, 0.1) is 0 Å². The van der Waals surface area contributed by atoms with Crippen molar-refractivity contribution in [1.82, 2.24) is 10.2 Å². The van der Waals surface area contributed by atoms with Gasteiger partial charge in [-0.15, -0.1) is 0 Å². The molecule has 0 aliphatic rings. The molecule has 0 bridgehead atoms. The summed E-state index contributed by atoms with van der Waals surface area (Å²) in [4.78, 5) is 2.42. The third kappa shape index (κ3) is 4.29. The lowest BCUT2D eigenvalue weighted by atomic mass is 10.0. The topological polar surface area (TPSA) is 15.3 Å². The van der Waals surface area contributed by atoms with Crippen LogP contribution in [0.2, 0.25) is 0 Å². The van der Waals surface area contributed by atoms with Crippen molar-refractivity contribution in [1.29, 1.82) is 0 Å². The first-order valence-electron chi connectivity index (χ1n) is 8.04. The molecule has 114 valence electrons. The van der Waals surface area contributed by atoms with Gasteiger partial charge in [-0.2, -0.15) is 0 Å². The zero-order valence-electron chi connectivity index (χ0n) is 13.8. The highest BCUT2D eigenvalue weighted by Gasteiger charge is 2.08. The molecule has 0 fully saturated rings. The van der Waals surface area contributed by atoms with Crippen molar-refractivity contribution in [2.45, 2.75) is 39.3 Å². The molecule has 0 spiro atoms. The third-order valence-corrected chi connectivity index (χ3v) is 4.53. The number of rotatable bonds is 7. The van der Waals surface area contributed by atoms with Crippen molar-refractivity contribution in [3.8, 4) is 0 Å². The summed E-state index contributed by atoms with van der Waals surface area (Å²) in [6.07, 6.45) is 1.21. The molecule has 2 unspecified atom stereocenters. The minimum atomic E-state index is 0.389. The molecule has 1 N–H and O–H groups in total. The molecule has 2 heteroatoms. The van der Waals surface area contributed by atoms with Gasteiger partial charge in [0.15, 0.2) is 0 Å². The smallest absolute Gasteiger partial charge is 0.0292 e. The fourth-order valence-electron chi connectivity index (χ4n) is 2.58. The Kier molecular flexibility index (Phi) is 5.77. The highest BCUT2D eigenvalue weighted by atomic mass is 15.1. The molecule has 2 aromatic rings. The van der Waals surface area contributed by atoms with Gasteiger partial charge in [-0.1, -0.05) is 43.3 Å². The van der Waals surface area contributed by atoms with Crippen molar-refractivity contribution in [2.75, 3.05) is 20.1 Å². The van der Waals surface area contributed by atoms with Gasteiger partial charge in [-0.3, -0.25) is 0 Å². The summed E-state index contributed by atoms with van der Waals surface area (Å²) in [5.41, 5.74) is 1.36. The SMILES string of the molecule is CCC(C)N(C)CCNC(C)c1ccc2ccccc2c1. The first-order valence-corrected chi connectivity index (χ1v) is 8.04. The van der Waals surface area contributed by atoms with Crippen LogP contribution < -0.4 is 5.32 Å². The number of hydrogen-bond donors (Lipinski definition) is 1. The quantitative estimate of drug-likeness (QED) is 0.819. The van der Waals surface area contributed by atoms with E-state index in [1.165, 1.54) is 22.8 Å². The number of hydrogen-bond acceptors (Lipinski definition) is 2. The summed E-state index contributed by atoms with van der Waals surface area (Å²) < 4.78 is 0. The van der Waals surface area contributed by atoms with Crippen LogP contribution in [-0.2, 0) is 0 Å². The van der Waals surface area contributed by atoms with Crippen LogP contribution in [0.1, 0.15) is 38.8 Å². The van der Waals surface area contributed by atoms with E-state index in [2.05, 4.69) is 80.5 Å². The Labute approximate surface area is 129 Å². The van der Waals surface area contributed by atoms with E-state index in [1.807, 2.05) is 0 Å². The van der Waals surface area contributed by atoms with Gasteiger partial charge in [0.25, 0.3) is 0 Å². The first-order chi connectivity index (χ1) is 10.1. The molecular weight excluding hydrogens is 256 g/mol. The van der Waals surface area contributed by atoms with E-state index in [0.29, 0.717) is 12.1 Å². The summed E-state index contributed by atoms with van der Waals surface area (Å²) >= 11 is 0.